The lowest BCUT2D eigenvalue weighted by atomic mass is 9.74. The van der Waals surface area contributed by atoms with Gasteiger partial charge in [-0.05, 0) is 113 Å². The highest BCUT2D eigenvalue weighted by atomic mass is 16.3. The van der Waals surface area contributed by atoms with E-state index in [1.165, 1.54) is 95.1 Å². The van der Waals surface area contributed by atoms with Crippen molar-refractivity contribution in [2.24, 2.45) is 0 Å². The molecule has 4 nitrogen and oxygen atoms in total. The number of unbranched alkanes of at least 4 members (excludes halogenated alkanes) is 2. The summed E-state index contributed by atoms with van der Waals surface area (Å²) in [6.45, 7) is 11.6. The second-order valence-electron chi connectivity index (χ2n) is 11.9. The first-order chi connectivity index (χ1) is 18.0. The maximum Gasteiger partial charge on any atom is 0.115 e. The van der Waals surface area contributed by atoms with Crippen LogP contribution in [-0.2, 0) is 10.8 Å². The monoisotopic (exact) mass is 506 g/mol. The van der Waals surface area contributed by atoms with Crippen LogP contribution in [0.1, 0.15) is 95.6 Å². The molecule has 2 aliphatic heterocycles. The van der Waals surface area contributed by atoms with Gasteiger partial charge in [-0.2, -0.15) is 0 Å². The highest BCUT2D eigenvalue weighted by molar-refractivity contribution is 5.34. The van der Waals surface area contributed by atoms with Crippen LogP contribution >= 0.6 is 0 Å². The quantitative estimate of drug-likeness (QED) is 0.334. The molecule has 0 unspecified atom stereocenters. The summed E-state index contributed by atoms with van der Waals surface area (Å²) in [6.07, 6.45) is 13.6. The first-order valence-corrected chi connectivity index (χ1v) is 15.0. The number of nitrogens with zero attached hydrogens (tertiary/aromatic N) is 2. The van der Waals surface area contributed by atoms with Gasteiger partial charge in [-0.1, -0.05) is 57.4 Å². The molecule has 2 heterocycles. The number of benzene rings is 2. The lowest BCUT2D eigenvalue weighted by Gasteiger charge is -2.37. The van der Waals surface area contributed by atoms with Crippen LogP contribution in [0.5, 0.6) is 11.5 Å². The normalized spacial score (nSPS) is 26.0. The van der Waals surface area contributed by atoms with Crippen molar-refractivity contribution in [3.63, 3.8) is 0 Å². The third-order valence-electron chi connectivity index (χ3n) is 9.53. The van der Waals surface area contributed by atoms with Gasteiger partial charge >= 0.3 is 0 Å². The molecule has 4 heteroatoms. The number of phenolic OH excluding ortho intramolecular Hbond substituents is 2. The standard InChI is InChI=1S/C33H50N2O2/c1-3-32(28-14-12-16-30(36)24-28)18-6-10-22-34(26-32)20-8-5-9-21-35-23-11-7-19-33(4-2,27-35)29-15-13-17-31(37)25-29/h12-17,24-25,36-37H,3-11,18-23,26-27H2,1-2H3/t32-,33-/m1/s1. The van der Waals surface area contributed by atoms with Gasteiger partial charge in [0.25, 0.3) is 0 Å². The molecule has 0 amide bonds. The summed E-state index contributed by atoms with van der Waals surface area (Å²) < 4.78 is 0. The predicted molar refractivity (Wildman–Crippen MR) is 155 cm³/mol. The van der Waals surface area contributed by atoms with Gasteiger partial charge < -0.3 is 20.0 Å². The van der Waals surface area contributed by atoms with E-state index in [1.54, 1.807) is 12.1 Å². The van der Waals surface area contributed by atoms with Crippen LogP contribution < -0.4 is 0 Å². The Balaban J connectivity index is 1.28. The molecule has 2 N–H and O–H groups in total. The van der Waals surface area contributed by atoms with Crippen LogP contribution in [0.4, 0.5) is 0 Å². The number of rotatable bonds is 10. The van der Waals surface area contributed by atoms with E-state index in [9.17, 15) is 10.2 Å². The van der Waals surface area contributed by atoms with Crippen molar-refractivity contribution >= 4 is 0 Å². The first kappa shape index (κ1) is 28.0. The lowest BCUT2D eigenvalue weighted by molar-refractivity contribution is 0.202. The summed E-state index contributed by atoms with van der Waals surface area (Å²) in [4.78, 5) is 5.41. The molecular weight excluding hydrogens is 456 g/mol. The van der Waals surface area contributed by atoms with Crippen LogP contribution in [0.15, 0.2) is 48.5 Å². The van der Waals surface area contributed by atoms with Crippen molar-refractivity contribution in [3.8, 4) is 11.5 Å². The van der Waals surface area contributed by atoms with E-state index in [0.717, 1.165) is 25.9 Å². The summed E-state index contributed by atoms with van der Waals surface area (Å²) >= 11 is 0. The van der Waals surface area contributed by atoms with Gasteiger partial charge in [0.15, 0.2) is 0 Å². The van der Waals surface area contributed by atoms with Gasteiger partial charge in [0.05, 0.1) is 0 Å². The Kier molecular flexibility index (Phi) is 9.95. The van der Waals surface area contributed by atoms with Crippen LogP contribution in [0.3, 0.4) is 0 Å². The molecule has 204 valence electrons. The average molecular weight is 507 g/mol. The molecule has 0 spiro atoms. The zero-order chi connectivity index (χ0) is 26.1. The molecule has 2 saturated heterocycles. The van der Waals surface area contributed by atoms with Crippen LogP contribution in [0.2, 0.25) is 0 Å². The Morgan fingerprint density at radius 1 is 0.649 bits per heavy atom. The highest BCUT2D eigenvalue weighted by Gasteiger charge is 2.35. The number of phenols is 2. The smallest absolute Gasteiger partial charge is 0.115 e. The minimum atomic E-state index is 0.163. The number of hydrogen-bond donors (Lipinski definition) is 2. The fourth-order valence-electron chi connectivity index (χ4n) is 7.13. The van der Waals surface area contributed by atoms with Crippen LogP contribution in [0, 0.1) is 0 Å². The molecule has 0 aromatic heterocycles. The van der Waals surface area contributed by atoms with Crippen molar-refractivity contribution in [2.75, 3.05) is 39.3 Å². The van der Waals surface area contributed by atoms with Crippen molar-refractivity contribution in [3.05, 3.63) is 59.7 Å². The van der Waals surface area contributed by atoms with Crippen molar-refractivity contribution in [1.82, 2.24) is 9.80 Å². The fraction of sp³-hybridized carbons (Fsp3) is 0.636. The second-order valence-corrected chi connectivity index (χ2v) is 11.9. The SMILES string of the molecule is CC[C@@]1(c2cccc(O)c2)CCCCN(CCCCCN2CCCC[C@@](CC)(c3cccc(O)c3)C2)C1. The summed E-state index contributed by atoms with van der Waals surface area (Å²) in [5.41, 5.74) is 2.95. The minimum Gasteiger partial charge on any atom is -0.508 e. The Labute approximate surface area is 225 Å². The Morgan fingerprint density at radius 3 is 1.51 bits per heavy atom. The molecule has 2 aliphatic rings. The fourth-order valence-corrected chi connectivity index (χ4v) is 7.13. The topological polar surface area (TPSA) is 46.9 Å². The third kappa shape index (κ3) is 7.09. The largest absolute Gasteiger partial charge is 0.508 e. The van der Waals surface area contributed by atoms with Crippen molar-refractivity contribution < 1.29 is 10.2 Å². The van der Waals surface area contributed by atoms with E-state index in [4.69, 9.17) is 0 Å². The summed E-state index contributed by atoms with van der Waals surface area (Å²) in [5.74, 6) is 0.789. The van der Waals surface area contributed by atoms with Gasteiger partial charge in [0.1, 0.15) is 11.5 Å². The van der Waals surface area contributed by atoms with Crippen LogP contribution in [0.25, 0.3) is 0 Å². The Bertz CT molecular complexity index is 901. The van der Waals surface area contributed by atoms with Gasteiger partial charge in [0.2, 0.25) is 0 Å². The number of aromatic hydroxyl groups is 2. The summed E-state index contributed by atoms with van der Waals surface area (Å²) in [6, 6.07) is 16.0. The predicted octanol–water partition coefficient (Wildman–Crippen LogP) is 7.24. The molecule has 0 saturated carbocycles. The number of hydrogen-bond acceptors (Lipinski definition) is 4. The summed E-state index contributed by atoms with van der Waals surface area (Å²) in [7, 11) is 0. The van der Waals surface area contributed by atoms with E-state index in [1.807, 2.05) is 24.3 Å². The summed E-state index contributed by atoms with van der Waals surface area (Å²) in [5, 5.41) is 20.2. The minimum absolute atomic E-state index is 0.163. The lowest BCUT2D eigenvalue weighted by Crippen LogP contribution is -2.40. The Morgan fingerprint density at radius 2 is 1.11 bits per heavy atom. The van der Waals surface area contributed by atoms with Crippen LogP contribution in [-0.4, -0.2) is 59.3 Å². The zero-order valence-electron chi connectivity index (χ0n) is 23.4. The molecule has 0 aliphatic carbocycles. The van der Waals surface area contributed by atoms with E-state index >= 15 is 0 Å². The second kappa shape index (κ2) is 13.2. The van der Waals surface area contributed by atoms with Crippen molar-refractivity contribution in [2.45, 2.75) is 95.3 Å². The zero-order valence-corrected chi connectivity index (χ0v) is 23.4. The third-order valence-corrected chi connectivity index (χ3v) is 9.53. The molecule has 0 bridgehead atoms. The maximum atomic E-state index is 10.1. The van der Waals surface area contributed by atoms with E-state index < -0.39 is 0 Å². The molecule has 2 aromatic rings. The molecule has 0 radical (unpaired) electrons. The van der Waals surface area contributed by atoms with E-state index in [0.29, 0.717) is 11.5 Å². The van der Waals surface area contributed by atoms with Gasteiger partial charge in [-0.15, -0.1) is 0 Å². The van der Waals surface area contributed by atoms with Crippen molar-refractivity contribution in [1.29, 1.82) is 0 Å². The first-order valence-electron chi connectivity index (χ1n) is 15.0. The van der Waals surface area contributed by atoms with Gasteiger partial charge in [-0.25, -0.2) is 0 Å². The van der Waals surface area contributed by atoms with Gasteiger partial charge in [-0.3, -0.25) is 0 Å². The number of likely N-dealkylation sites (tertiary alicyclic amines) is 2. The molecular formula is C33H50N2O2. The Hall–Kier alpha value is -2.04. The average Bonchev–Trinajstić information content (AvgIpc) is 3.26. The maximum absolute atomic E-state index is 10.1. The highest BCUT2D eigenvalue weighted by Crippen LogP contribution is 2.39. The van der Waals surface area contributed by atoms with E-state index in [-0.39, 0.29) is 10.8 Å². The molecule has 2 aromatic carbocycles. The molecule has 2 atom stereocenters. The molecule has 4 rings (SSSR count). The molecule has 37 heavy (non-hydrogen) atoms. The van der Waals surface area contributed by atoms with Gasteiger partial charge in [0, 0.05) is 23.9 Å². The van der Waals surface area contributed by atoms with E-state index in [2.05, 4.69) is 35.8 Å². The molecule has 2 fully saturated rings.